The fourth-order valence-electron chi connectivity index (χ4n) is 2.99. The van der Waals surface area contributed by atoms with Gasteiger partial charge >= 0.3 is 0 Å². The summed E-state index contributed by atoms with van der Waals surface area (Å²) in [5.74, 6) is 1.86. The van der Waals surface area contributed by atoms with Gasteiger partial charge in [0.2, 0.25) is 0 Å². The molecule has 3 heterocycles. The van der Waals surface area contributed by atoms with Crippen molar-refractivity contribution in [1.82, 2.24) is 14.4 Å². The second kappa shape index (κ2) is 5.00. The minimum absolute atomic E-state index is 0.294. The molecule has 4 rings (SSSR count). The van der Waals surface area contributed by atoms with Gasteiger partial charge in [-0.05, 0) is 31.9 Å². The Kier molecular flexibility index (Phi) is 3.00. The third-order valence-electron chi connectivity index (χ3n) is 4.06. The normalized spacial score (nSPS) is 18.6. The van der Waals surface area contributed by atoms with Gasteiger partial charge in [0.15, 0.2) is 5.82 Å². The number of aromatic nitrogens is 3. The predicted molar refractivity (Wildman–Crippen MR) is 82.7 cm³/mol. The number of hydrogen-bond acceptors (Lipinski definition) is 4. The van der Waals surface area contributed by atoms with Crippen LogP contribution in [0.2, 0.25) is 0 Å². The van der Waals surface area contributed by atoms with Crippen molar-refractivity contribution in [3.8, 4) is 0 Å². The molecule has 1 fully saturated rings. The minimum Gasteiger partial charge on any atom is -0.376 e. The van der Waals surface area contributed by atoms with Gasteiger partial charge in [-0.1, -0.05) is 12.1 Å². The van der Waals surface area contributed by atoms with Crippen molar-refractivity contribution in [2.24, 2.45) is 0 Å². The monoisotopic (exact) mass is 282 g/mol. The molecular weight excluding hydrogens is 264 g/mol. The number of benzene rings is 1. The molecule has 2 aromatic heterocycles. The molecule has 0 bridgehead atoms. The number of aryl methyl sites for hydroxylation is 1. The van der Waals surface area contributed by atoms with E-state index in [4.69, 9.17) is 9.72 Å². The highest BCUT2D eigenvalue weighted by Crippen LogP contribution is 2.23. The molecule has 1 aromatic carbocycles. The highest BCUT2D eigenvalue weighted by Gasteiger charge is 2.17. The number of anilines is 1. The zero-order valence-electron chi connectivity index (χ0n) is 12.0. The van der Waals surface area contributed by atoms with Gasteiger partial charge in [-0.3, -0.25) is 4.40 Å². The fraction of sp³-hybridized carbons (Fsp3) is 0.375. The molecule has 5 nitrogen and oxygen atoms in total. The Morgan fingerprint density at radius 3 is 3.10 bits per heavy atom. The zero-order valence-corrected chi connectivity index (χ0v) is 12.0. The number of ether oxygens (including phenoxy) is 1. The molecule has 1 saturated heterocycles. The Bertz CT molecular complexity index is 789. The smallest absolute Gasteiger partial charge is 0.152 e. The number of nitrogens with one attached hydrogen (secondary N) is 1. The van der Waals surface area contributed by atoms with Crippen LogP contribution in [0.25, 0.3) is 16.6 Å². The minimum atomic E-state index is 0.294. The highest BCUT2D eigenvalue weighted by molar-refractivity contribution is 5.84. The molecule has 5 heteroatoms. The summed E-state index contributed by atoms with van der Waals surface area (Å²) < 4.78 is 7.82. The molecule has 1 N–H and O–H groups in total. The van der Waals surface area contributed by atoms with E-state index in [0.29, 0.717) is 6.10 Å². The lowest BCUT2D eigenvalue weighted by molar-refractivity contribution is 0.120. The Hall–Kier alpha value is -2.14. The Balaban J connectivity index is 1.79. The first-order valence-electron chi connectivity index (χ1n) is 7.41. The second-order valence-electron chi connectivity index (χ2n) is 5.49. The maximum absolute atomic E-state index is 5.67. The third kappa shape index (κ3) is 2.14. The van der Waals surface area contributed by atoms with E-state index in [2.05, 4.69) is 20.8 Å². The van der Waals surface area contributed by atoms with Crippen molar-refractivity contribution >= 4 is 22.4 Å². The van der Waals surface area contributed by atoms with Crippen LogP contribution < -0.4 is 5.32 Å². The van der Waals surface area contributed by atoms with Crippen molar-refractivity contribution in [3.63, 3.8) is 0 Å². The summed E-state index contributed by atoms with van der Waals surface area (Å²) in [6.45, 7) is 3.69. The Labute approximate surface area is 123 Å². The second-order valence-corrected chi connectivity index (χ2v) is 5.49. The lowest BCUT2D eigenvalue weighted by Crippen LogP contribution is -2.19. The summed E-state index contributed by atoms with van der Waals surface area (Å²) >= 11 is 0. The van der Waals surface area contributed by atoms with Crippen molar-refractivity contribution < 1.29 is 4.74 Å². The largest absolute Gasteiger partial charge is 0.376 e. The molecule has 21 heavy (non-hydrogen) atoms. The summed E-state index contributed by atoms with van der Waals surface area (Å²) in [7, 11) is 0. The molecule has 0 radical (unpaired) electrons. The van der Waals surface area contributed by atoms with E-state index >= 15 is 0 Å². The molecule has 1 unspecified atom stereocenters. The molecule has 1 atom stereocenters. The SMILES string of the molecule is Cc1ncc2c(NCC3CCCO3)nc3ccccc3n12. The molecule has 0 saturated carbocycles. The van der Waals surface area contributed by atoms with Crippen molar-refractivity contribution in [3.05, 3.63) is 36.3 Å². The van der Waals surface area contributed by atoms with Crippen molar-refractivity contribution in [2.75, 3.05) is 18.5 Å². The highest BCUT2D eigenvalue weighted by atomic mass is 16.5. The van der Waals surface area contributed by atoms with E-state index in [9.17, 15) is 0 Å². The summed E-state index contributed by atoms with van der Waals surface area (Å²) in [6, 6.07) is 8.15. The van der Waals surface area contributed by atoms with E-state index in [-0.39, 0.29) is 0 Å². The Morgan fingerprint density at radius 1 is 1.33 bits per heavy atom. The van der Waals surface area contributed by atoms with E-state index in [1.54, 1.807) is 0 Å². The maximum Gasteiger partial charge on any atom is 0.152 e. The van der Waals surface area contributed by atoms with Gasteiger partial charge in [0.05, 0.1) is 23.3 Å². The first-order valence-corrected chi connectivity index (χ1v) is 7.41. The summed E-state index contributed by atoms with van der Waals surface area (Å²) in [5, 5.41) is 3.44. The van der Waals surface area contributed by atoms with E-state index < -0.39 is 0 Å². The van der Waals surface area contributed by atoms with Crippen LogP contribution in [-0.2, 0) is 4.74 Å². The van der Waals surface area contributed by atoms with E-state index in [0.717, 1.165) is 54.2 Å². The summed E-state index contributed by atoms with van der Waals surface area (Å²) in [6.07, 6.45) is 4.45. The lowest BCUT2D eigenvalue weighted by atomic mass is 10.2. The number of nitrogens with zero attached hydrogens (tertiary/aromatic N) is 3. The number of imidazole rings is 1. The predicted octanol–water partition coefficient (Wildman–Crippen LogP) is 2.78. The molecule has 0 spiro atoms. The van der Waals surface area contributed by atoms with Crippen LogP contribution in [0.3, 0.4) is 0 Å². The fourth-order valence-corrected chi connectivity index (χ4v) is 2.99. The van der Waals surface area contributed by atoms with Gasteiger partial charge in [-0.2, -0.15) is 0 Å². The van der Waals surface area contributed by atoms with Gasteiger partial charge in [-0.25, -0.2) is 9.97 Å². The van der Waals surface area contributed by atoms with Gasteiger partial charge in [0, 0.05) is 13.2 Å². The molecule has 1 aliphatic rings. The standard InChI is InChI=1S/C16H18N4O/c1-11-17-10-15-16(18-9-12-5-4-8-21-12)19-13-6-2-3-7-14(13)20(11)15/h2-3,6-7,10,12H,4-5,8-9H2,1H3,(H,18,19). The van der Waals surface area contributed by atoms with Crippen LogP contribution >= 0.6 is 0 Å². The van der Waals surface area contributed by atoms with Gasteiger partial charge < -0.3 is 10.1 Å². The topological polar surface area (TPSA) is 51.5 Å². The first kappa shape index (κ1) is 12.6. The van der Waals surface area contributed by atoms with Crippen LogP contribution in [0.5, 0.6) is 0 Å². The molecule has 3 aromatic rings. The average Bonchev–Trinajstić information content (AvgIpc) is 3.15. The lowest BCUT2D eigenvalue weighted by Gasteiger charge is -2.13. The van der Waals surface area contributed by atoms with E-state index in [1.165, 1.54) is 0 Å². The number of para-hydroxylation sites is 2. The summed E-state index contributed by atoms with van der Waals surface area (Å²) in [5.41, 5.74) is 3.08. The van der Waals surface area contributed by atoms with Crippen LogP contribution in [0.1, 0.15) is 18.7 Å². The molecule has 0 aliphatic carbocycles. The van der Waals surface area contributed by atoms with Gasteiger partial charge in [0.25, 0.3) is 0 Å². The molecule has 108 valence electrons. The van der Waals surface area contributed by atoms with Crippen LogP contribution in [-0.4, -0.2) is 33.6 Å². The molecular formula is C16H18N4O. The number of hydrogen-bond donors (Lipinski definition) is 1. The van der Waals surface area contributed by atoms with E-state index in [1.807, 2.05) is 31.3 Å². The molecule has 0 amide bonds. The zero-order chi connectivity index (χ0) is 14.2. The number of fused-ring (bicyclic) bond motifs is 3. The van der Waals surface area contributed by atoms with Crippen LogP contribution in [0.15, 0.2) is 30.5 Å². The third-order valence-corrected chi connectivity index (χ3v) is 4.06. The van der Waals surface area contributed by atoms with Crippen molar-refractivity contribution in [1.29, 1.82) is 0 Å². The maximum atomic E-state index is 5.67. The summed E-state index contributed by atoms with van der Waals surface area (Å²) in [4.78, 5) is 9.19. The van der Waals surface area contributed by atoms with Crippen LogP contribution in [0.4, 0.5) is 5.82 Å². The average molecular weight is 282 g/mol. The van der Waals surface area contributed by atoms with Gasteiger partial charge in [-0.15, -0.1) is 0 Å². The van der Waals surface area contributed by atoms with Crippen LogP contribution in [0, 0.1) is 6.92 Å². The molecule has 1 aliphatic heterocycles. The Morgan fingerprint density at radius 2 is 2.24 bits per heavy atom. The van der Waals surface area contributed by atoms with Crippen molar-refractivity contribution in [2.45, 2.75) is 25.9 Å². The first-order chi connectivity index (χ1) is 10.3. The quantitative estimate of drug-likeness (QED) is 0.802. The van der Waals surface area contributed by atoms with Gasteiger partial charge in [0.1, 0.15) is 11.3 Å². The number of rotatable bonds is 3.